The van der Waals surface area contributed by atoms with E-state index in [2.05, 4.69) is 20.7 Å². The molecule has 0 unspecified atom stereocenters. The minimum atomic E-state index is -0.947. The molecule has 0 aliphatic carbocycles. The average molecular weight is 420 g/mol. The Morgan fingerprint density at radius 2 is 2.00 bits per heavy atom. The van der Waals surface area contributed by atoms with Gasteiger partial charge in [-0.15, -0.1) is 0 Å². The number of rotatable bonds is 6. The topological polar surface area (TPSA) is 88.9 Å². The molecule has 3 rings (SSSR count). The number of benzene rings is 1. The molecule has 2 N–H and O–H groups in total. The Labute approximate surface area is 169 Å². The van der Waals surface area contributed by atoms with Gasteiger partial charge < -0.3 is 10.6 Å². The van der Waals surface area contributed by atoms with Gasteiger partial charge in [-0.1, -0.05) is 17.7 Å². The minimum absolute atomic E-state index is 0.0849. The molecule has 0 radical (unpaired) electrons. The second-order valence-corrected chi connectivity index (χ2v) is 6.51. The van der Waals surface area contributed by atoms with Crippen molar-refractivity contribution in [3.05, 3.63) is 75.3 Å². The Kier molecular flexibility index (Phi) is 6.18. The first-order valence-corrected chi connectivity index (χ1v) is 8.92. The molecule has 0 atom stereocenters. The molecule has 2 heterocycles. The maximum Gasteiger partial charge on any atom is 0.292 e. The Balaban J connectivity index is 1.64. The molecular weight excluding hydrogens is 404 g/mol. The zero-order valence-electron chi connectivity index (χ0n) is 15.2. The first-order chi connectivity index (χ1) is 13.8. The minimum Gasteiger partial charge on any atom is -0.382 e. The fraction of sp³-hybridized carbons (Fsp3) is 0.158. The van der Waals surface area contributed by atoms with Gasteiger partial charge in [-0.3, -0.25) is 9.59 Å². The van der Waals surface area contributed by atoms with Crippen LogP contribution in [0.2, 0.25) is 5.02 Å². The lowest BCUT2D eigenvalue weighted by Gasteiger charge is -2.11. The predicted molar refractivity (Wildman–Crippen MR) is 105 cm³/mol. The highest BCUT2D eigenvalue weighted by atomic mass is 35.5. The van der Waals surface area contributed by atoms with Gasteiger partial charge in [0.15, 0.2) is 5.82 Å². The molecule has 7 nitrogen and oxygen atoms in total. The Morgan fingerprint density at radius 3 is 2.69 bits per heavy atom. The monoisotopic (exact) mass is 419 g/mol. The molecule has 0 fully saturated rings. The molecule has 0 spiro atoms. The highest BCUT2D eigenvalue weighted by Crippen LogP contribution is 2.18. The van der Waals surface area contributed by atoms with Crippen molar-refractivity contribution in [1.82, 2.24) is 14.8 Å². The van der Waals surface area contributed by atoms with Crippen LogP contribution in [0.15, 0.2) is 47.5 Å². The van der Waals surface area contributed by atoms with E-state index in [-0.39, 0.29) is 35.3 Å². The van der Waals surface area contributed by atoms with Crippen LogP contribution in [0.4, 0.5) is 20.3 Å². The van der Waals surface area contributed by atoms with Crippen LogP contribution >= 0.6 is 11.6 Å². The molecule has 0 bridgehead atoms. The van der Waals surface area contributed by atoms with E-state index in [1.54, 1.807) is 12.3 Å². The highest BCUT2D eigenvalue weighted by Gasteiger charge is 2.14. The van der Waals surface area contributed by atoms with Crippen molar-refractivity contribution >= 4 is 29.0 Å². The van der Waals surface area contributed by atoms with Crippen molar-refractivity contribution in [2.45, 2.75) is 13.3 Å². The van der Waals surface area contributed by atoms with Gasteiger partial charge in [0.05, 0.1) is 11.9 Å². The van der Waals surface area contributed by atoms with E-state index in [1.807, 2.05) is 13.0 Å². The number of hydrogen-bond donors (Lipinski definition) is 2. The molecule has 0 saturated heterocycles. The van der Waals surface area contributed by atoms with E-state index >= 15 is 0 Å². The Morgan fingerprint density at radius 1 is 1.21 bits per heavy atom. The third-order valence-corrected chi connectivity index (χ3v) is 4.27. The fourth-order valence-corrected chi connectivity index (χ4v) is 2.63. The number of pyridine rings is 1. The van der Waals surface area contributed by atoms with Crippen LogP contribution < -0.4 is 16.2 Å². The van der Waals surface area contributed by atoms with Crippen LogP contribution in [-0.4, -0.2) is 27.2 Å². The molecule has 3 aromatic rings. The third kappa shape index (κ3) is 4.94. The summed E-state index contributed by atoms with van der Waals surface area (Å²) in [7, 11) is 0. The summed E-state index contributed by atoms with van der Waals surface area (Å²) in [4.78, 5) is 28.4. The van der Waals surface area contributed by atoms with E-state index in [1.165, 1.54) is 6.20 Å². The lowest BCUT2D eigenvalue weighted by molar-refractivity contribution is -0.116. The van der Waals surface area contributed by atoms with E-state index in [0.717, 1.165) is 22.4 Å². The second kappa shape index (κ2) is 8.78. The maximum absolute atomic E-state index is 13.9. The standard InChI is InChI=1S/C19H16ClF2N5O2/c1-11-2-5-16(24-9-11)26-17(28)6-7-23-14-10-25-27(19(29)18(14)20)15-4-3-12(21)8-13(15)22/h2-5,8-10,23H,6-7H2,1H3,(H,24,26,28). The van der Waals surface area contributed by atoms with Crippen LogP contribution in [-0.2, 0) is 4.79 Å². The summed E-state index contributed by atoms with van der Waals surface area (Å²) in [5.41, 5.74) is 0.157. The summed E-state index contributed by atoms with van der Waals surface area (Å²) in [5.74, 6) is -1.57. The van der Waals surface area contributed by atoms with Gasteiger partial charge in [-0.05, 0) is 30.7 Å². The van der Waals surface area contributed by atoms with Gasteiger partial charge in [0, 0.05) is 25.2 Å². The number of carbonyl (C=O) groups excluding carboxylic acids is 1. The van der Waals surface area contributed by atoms with Crippen molar-refractivity contribution in [3.8, 4) is 5.69 Å². The van der Waals surface area contributed by atoms with E-state index < -0.39 is 17.2 Å². The molecule has 2 aromatic heterocycles. The smallest absolute Gasteiger partial charge is 0.292 e. The fourth-order valence-electron chi connectivity index (χ4n) is 2.44. The molecule has 29 heavy (non-hydrogen) atoms. The number of carbonyl (C=O) groups is 1. The van der Waals surface area contributed by atoms with Gasteiger partial charge in [-0.2, -0.15) is 9.78 Å². The number of halogens is 3. The number of nitrogens with one attached hydrogen (secondary N) is 2. The Hall–Kier alpha value is -3.33. The van der Waals surface area contributed by atoms with Gasteiger partial charge >= 0.3 is 0 Å². The highest BCUT2D eigenvalue weighted by molar-refractivity contribution is 6.32. The normalized spacial score (nSPS) is 10.6. The summed E-state index contributed by atoms with van der Waals surface area (Å²) in [5, 5.41) is 9.11. The molecule has 1 amide bonds. The molecule has 0 aliphatic rings. The van der Waals surface area contributed by atoms with E-state index in [9.17, 15) is 18.4 Å². The van der Waals surface area contributed by atoms with Crippen LogP contribution in [0.3, 0.4) is 0 Å². The lowest BCUT2D eigenvalue weighted by Crippen LogP contribution is -2.24. The molecule has 10 heteroatoms. The number of aryl methyl sites for hydroxylation is 1. The van der Waals surface area contributed by atoms with Gasteiger partial charge in [0.25, 0.3) is 5.56 Å². The van der Waals surface area contributed by atoms with Gasteiger partial charge in [-0.25, -0.2) is 13.8 Å². The Bertz CT molecular complexity index is 1100. The predicted octanol–water partition coefficient (Wildman–Crippen LogP) is 3.31. The zero-order chi connectivity index (χ0) is 21.0. The van der Waals surface area contributed by atoms with Gasteiger partial charge in [0.1, 0.15) is 22.3 Å². The number of hydrogen-bond acceptors (Lipinski definition) is 5. The van der Waals surface area contributed by atoms with E-state index in [0.29, 0.717) is 11.9 Å². The maximum atomic E-state index is 13.9. The molecule has 0 aliphatic heterocycles. The summed E-state index contributed by atoms with van der Waals surface area (Å²) in [6, 6.07) is 6.26. The van der Waals surface area contributed by atoms with Crippen LogP contribution in [0.5, 0.6) is 0 Å². The number of amides is 1. The first kappa shape index (κ1) is 20.4. The number of nitrogens with zero attached hydrogens (tertiary/aromatic N) is 3. The van der Waals surface area contributed by atoms with Gasteiger partial charge in [0.2, 0.25) is 5.91 Å². The summed E-state index contributed by atoms with van der Waals surface area (Å²) >= 11 is 6.05. The summed E-state index contributed by atoms with van der Waals surface area (Å²) < 4.78 is 27.7. The van der Waals surface area contributed by atoms with E-state index in [4.69, 9.17) is 11.6 Å². The SMILES string of the molecule is Cc1ccc(NC(=O)CCNc2cnn(-c3ccc(F)cc3F)c(=O)c2Cl)nc1. The van der Waals surface area contributed by atoms with Crippen molar-refractivity contribution in [2.24, 2.45) is 0 Å². The van der Waals surface area contributed by atoms with Crippen molar-refractivity contribution in [2.75, 3.05) is 17.2 Å². The average Bonchev–Trinajstić information content (AvgIpc) is 2.68. The van der Waals surface area contributed by atoms with Crippen molar-refractivity contribution in [1.29, 1.82) is 0 Å². The van der Waals surface area contributed by atoms with Crippen molar-refractivity contribution in [3.63, 3.8) is 0 Å². The lowest BCUT2D eigenvalue weighted by atomic mass is 10.3. The first-order valence-electron chi connectivity index (χ1n) is 8.55. The summed E-state index contributed by atoms with van der Waals surface area (Å²) in [6.45, 7) is 2.06. The number of anilines is 2. The number of aromatic nitrogens is 3. The van der Waals surface area contributed by atoms with Crippen LogP contribution in [0.1, 0.15) is 12.0 Å². The second-order valence-electron chi connectivity index (χ2n) is 6.13. The zero-order valence-corrected chi connectivity index (χ0v) is 16.0. The molecule has 1 aromatic carbocycles. The van der Waals surface area contributed by atoms with Crippen LogP contribution in [0.25, 0.3) is 5.69 Å². The van der Waals surface area contributed by atoms with Crippen LogP contribution in [0, 0.1) is 18.6 Å². The largest absolute Gasteiger partial charge is 0.382 e. The summed E-state index contributed by atoms with van der Waals surface area (Å²) in [6.07, 6.45) is 2.95. The molecule has 150 valence electrons. The molecular formula is C19H16ClF2N5O2. The van der Waals surface area contributed by atoms with Crippen molar-refractivity contribution < 1.29 is 13.6 Å². The third-order valence-electron chi connectivity index (χ3n) is 3.90. The quantitative estimate of drug-likeness (QED) is 0.640. The molecule has 0 saturated carbocycles.